The monoisotopic (exact) mass is 1030 g/mol. The Labute approximate surface area is 443 Å². The molecule has 2 bridgehead atoms. The first-order valence-electron chi connectivity index (χ1n) is 27.0. The molecular weight excluding hydrogens is 965 g/mol. The van der Waals surface area contributed by atoms with Crippen molar-refractivity contribution in [3.05, 3.63) is 88.7 Å². The predicted molar refractivity (Wildman–Crippen MR) is 292 cm³/mol. The number of amides is 3. The van der Waals surface area contributed by atoms with Crippen LogP contribution >= 0.6 is 11.3 Å². The zero-order chi connectivity index (χ0) is 52.1. The number of piperidine rings is 1. The van der Waals surface area contributed by atoms with E-state index in [-0.39, 0.29) is 48.1 Å². The van der Waals surface area contributed by atoms with Crippen molar-refractivity contribution in [3.63, 3.8) is 0 Å². The van der Waals surface area contributed by atoms with E-state index >= 15 is 0 Å². The molecule has 8 heterocycles. The number of ether oxygens (including phenoxy) is 2. The first-order chi connectivity index (χ1) is 36.2. The second kappa shape index (κ2) is 21.0. The van der Waals surface area contributed by atoms with E-state index in [1.54, 1.807) is 16.2 Å². The van der Waals surface area contributed by atoms with Crippen molar-refractivity contribution in [3.8, 4) is 33.5 Å². The highest BCUT2D eigenvalue weighted by Gasteiger charge is 2.43. The number of anilines is 1. The fraction of sp³-hybridized carbons (Fsp3) is 0.500. The number of aromatic nitrogens is 4. The quantitative estimate of drug-likeness (QED) is 0.0822. The Kier molecular flexibility index (Phi) is 14.3. The molecule has 17 heteroatoms. The van der Waals surface area contributed by atoms with Gasteiger partial charge in [-0.15, -0.1) is 11.3 Å². The predicted octanol–water partition coefficient (Wildman–Crippen LogP) is 8.04. The number of carbonyl (C=O) groups is 3. The summed E-state index contributed by atoms with van der Waals surface area (Å²) in [7, 11) is 0. The molecule has 16 nitrogen and oxygen atoms in total. The van der Waals surface area contributed by atoms with Gasteiger partial charge in [0.25, 0.3) is 0 Å². The van der Waals surface area contributed by atoms with E-state index in [1.807, 2.05) is 76.7 Å². The number of aryl methyl sites for hydroxylation is 1. The van der Waals surface area contributed by atoms with Crippen molar-refractivity contribution >= 4 is 56.6 Å². The summed E-state index contributed by atoms with van der Waals surface area (Å²) in [6, 6.07) is 17.4. The van der Waals surface area contributed by atoms with Gasteiger partial charge in [0.15, 0.2) is 0 Å². The number of piperazine rings is 1. The van der Waals surface area contributed by atoms with Gasteiger partial charge in [-0.2, -0.15) is 9.97 Å². The van der Waals surface area contributed by atoms with Gasteiger partial charge in [0, 0.05) is 74.6 Å². The van der Waals surface area contributed by atoms with Gasteiger partial charge < -0.3 is 40.3 Å². The van der Waals surface area contributed by atoms with Gasteiger partial charge >= 0.3 is 6.01 Å². The van der Waals surface area contributed by atoms with Crippen molar-refractivity contribution in [1.29, 1.82) is 0 Å². The molecule has 6 aliphatic rings. The van der Waals surface area contributed by atoms with Crippen molar-refractivity contribution in [2.45, 2.75) is 129 Å². The number of hydrogen-bond acceptors (Lipinski definition) is 14. The number of aromatic hydroxyl groups is 1. The number of pyridine rings is 1. The lowest BCUT2D eigenvalue weighted by atomic mass is 9.79. The molecule has 3 amide bonds. The van der Waals surface area contributed by atoms with Gasteiger partial charge in [0.05, 0.1) is 44.8 Å². The van der Waals surface area contributed by atoms with Gasteiger partial charge in [0.1, 0.15) is 36.9 Å². The van der Waals surface area contributed by atoms with Crippen molar-refractivity contribution < 1.29 is 29.0 Å². The first-order valence-corrected chi connectivity index (χ1v) is 27.9. The Balaban J connectivity index is 0.698. The van der Waals surface area contributed by atoms with Crippen molar-refractivity contribution in [2.24, 2.45) is 5.41 Å². The summed E-state index contributed by atoms with van der Waals surface area (Å²) in [6.45, 7) is 16.6. The lowest BCUT2D eigenvalue weighted by Crippen LogP contribution is -2.58. The van der Waals surface area contributed by atoms with Crippen LogP contribution in [0, 0.1) is 12.3 Å². The third-order valence-corrected chi connectivity index (χ3v) is 17.4. The van der Waals surface area contributed by atoms with E-state index in [4.69, 9.17) is 24.4 Å². The molecule has 6 atom stereocenters. The maximum absolute atomic E-state index is 14.3. The maximum Gasteiger partial charge on any atom is 0.319 e. The van der Waals surface area contributed by atoms with Gasteiger partial charge in [0.2, 0.25) is 17.7 Å². The molecule has 0 spiro atoms. The van der Waals surface area contributed by atoms with Crippen LogP contribution in [-0.4, -0.2) is 135 Å². The fourth-order valence-corrected chi connectivity index (χ4v) is 13.1. The molecule has 3 aromatic carbocycles. The SMILES string of the molecule is Cc1ncsc1-c1ccc([C@H](C)NC(=O)[C@@H]2CCCN2C(=O)[C@@H](NC(=O)COC2CCN(CCOc3nc(N4CC5CCCC4CN5)c4cnc5c(c4n3)C(C)c3cccc4cc(O)cc-5c34)CC2)C(C)(C)C)cc1. The summed E-state index contributed by atoms with van der Waals surface area (Å²) in [5, 5.41) is 23.7. The van der Waals surface area contributed by atoms with Crippen LogP contribution in [0.2, 0.25) is 0 Å². The second-order valence-electron chi connectivity index (χ2n) is 22.5. The van der Waals surface area contributed by atoms with Crippen LogP contribution in [0.4, 0.5) is 5.82 Å². The summed E-state index contributed by atoms with van der Waals surface area (Å²) in [6.07, 6.45) is 7.96. The van der Waals surface area contributed by atoms with E-state index in [0.29, 0.717) is 50.6 Å². The summed E-state index contributed by atoms with van der Waals surface area (Å²) in [5.74, 6) is 0.269. The van der Waals surface area contributed by atoms with Gasteiger partial charge in [-0.1, -0.05) is 70.2 Å². The average molecular weight is 1040 g/mol. The number of phenolic OH excluding ortho intramolecular Hbond substituents is 1. The van der Waals surface area contributed by atoms with Crippen LogP contribution in [0.25, 0.3) is 43.4 Å². The van der Waals surface area contributed by atoms with E-state index < -0.39 is 17.5 Å². The molecule has 75 heavy (non-hydrogen) atoms. The Hall–Kier alpha value is -6.27. The Morgan fingerprint density at radius 1 is 0.960 bits per heavy atom. The minimum atomic E-state index is -0.838. The number of thiazole rings is 1. The number of benzene rings is 3. The van der Waals surface area contributed by atoms with Crippen molar-refractivity contribution in [1.82, 2.24) is 45.7 Å². The zero-order valence-electron chi connectivity index (χ0n) is 44.0. The molecule has 0 saturated carbocycles. The normalized spacial score (nSPS) is 21.7. The molecule has 3 aromatic heterocycles. The number of rotatable bonds is 14. The van der Waals surface area contributed by atoms with Gasteiger partial charge in [-0.05, 0) is 104 Å². The first kappa shape index (κ1) is 50.9. The number of nitrogens with one attached hydrogen (secondary N) is 3. The smallest absolute Gasteiger partial charge is 0.319 e. The average Bonchev–Trinajstić information content (AvgIpc) is 3.96. The highest BCUT2D eigenvalue weighted by atomic mass is 32.1. The molecule has 5 fully saturated rings. The van der Waals surface area contributed by atoms with Crippen molar-refractivity contribution in [2.75, 3.05) is 57.4 Å². The minimum Gasteiger partial charge on any atom is -0.508 e. The van der Waals surface area contributed by atoms with Crippen LogP contribution in [0.15, 0.2) is 66.3 Å². The van der Waals surface area contributed by atoms with Gasteiger partial charge in [-0.25, -0.2) is 4.98 Å². The zero-order valence-corrected chi connectivity index (χ0v) is 44.8. The van der Waals surface area contributed by atoms with Crippen LogP contribution < -0.4 is 25.6 Å². The van der Waals surface area contributed by atoms with E-state index in [2.05, 4.69) is 61.9 Å². The lowest BCUT2D eigenvalue weighted by molar-refractivity contribution is -0.145. The topological polar surface area (TPSA) is 187 Å². The number of fused-ring (bicyclic) bond motifs is 8. The number of likely N-dealkylation sites (tertiary alicyclic amines) is 2. The molecule has 6 aromatic rings. The van der Waals surface area contributed by atoms with E-state index in [0.717, 1.165) is 118 Å². The lowest BCUT2D eigenvalue weighted by Gasteiger charge is -2.39. The Morgan fingerprint density at radius 3 is 2.55 bits per heavy atom. The molecule has 4 N–H and O–H groups in total. The molecule has 394 valence electrons. The number of carbonyl (C=O) groups excluding carboxylic acids is 3. The number of nitrogens with zero attached hydrogens (tertiary/aromatic N) is 7. The standard InChI is InChI=1S/C58H70N10O6S/c1-33-43-13-7-10-38-26-41(69)27-44(49(38)43)50-48(33)51-45(29-60-50)54(68-30-39-11-8-12-40(68)28-59-39)65-57(64-51)73-25-24-66-22-19-42(20-23-66)74-31-47(70)63-53(58(4,5)6)56(72)67-21-9-14-46(67)55(71)62-34(2)36-15-17-37(18-16-36)52-35(3)61-32-75-52/h7,10,13,15-18,26-27,29,32-34,39-40,42,46,53,59,69H,8-9,11-12,14,19-25,28,30-31H2,1-6H3,(H,62,71)(H,63,70)/t33?,34-,39?,40?,46-,53+/m0/s1. The van der Waals surface area contributed by atoms with Crippen LogP contribution in [0.5, 0.6) is 11.8 Å². The summed E-state index contributed by atoms with van der Waals surface area (Å²) in [4.78, 5) is 69.0. The highest BCUT2D eigenvalue weighted by Crippen LogP contribution is 2.49. The Bertz CT molecular complexity index is 3110. The molecule has 1 aliphatic carbocycles. The molecule has 5 saturated heterocycles. The summed E-state index contributed by atoms with van der Waals surface area (Å²) < 4.78 is 12.7. The fourth-order valence-electron chi connectivity index (χ4n) is 12.3. The van der Waals surface area contributed by atoms with Crippen LogP contribution in [0.3, 0.4) is 0 Å². The van der Waals surface area contributed by atoms with E-state index in [9.17, 15) is 19.5 Å². The molecule has 3 unspecified atom stereocenters. The largest absolute Gasteiger partial charge is 0.508 e. The van der Waals surface area contributed by atoms with E-state index in [1.165, 1.54) is 12.0 Å². The third-order valence-electron chi connectivity index (χ3n) is 16.4. The second-order valence-corrected chi connectivity index (χ2v) is 23.3. The molecular formula is C58H70N10O6S. The molecule has 5 aliphatic heterocycles. The summed E-state index contributed by atoms with van der Waals surface area (Å²) in [5.41, 5.74) is 9.07. The maximum atomic E-state index is 14.3. The van der Waals surface area contributed by atoms with Crippen LogP contribution in [-0.2, 0) is 19.1 Å². The molecule has 12 rings (SSSR count). The van der Waals surface area contributed by atoms with Gasteiger partial charge in [-0.3, -0.25) is 24.3 Å². The highest BCUT2D eigenvalue weighted by molar-refractivity contribution is 7.13. The molecule has 0 radical (unpaired) electrons. The number of hydrogen-bond donors (Lipinski definition) is 4. The minimum absolute atomic E-state index is 0.000764. The van der Waals surface area contributed by atoms with Crippen LogP contribution in [0.1, 0.15) is 114 Å². The number of phenols is 1. The Morgan fingerprint density at radius 2 is 1.77 bits per heavy atom. The summed E-state index contributed by atoms with van der Waals surface area (Å²) >= 11 is 1.60. The third kappa shape index (κ3) is 10.3.